The third-order valence-electron chi connectivity index (χ3n) is 5.06. The van der Waals surface area contributed by atoms with Crippen molar-refractivity contribution in [3.05, 3.63) is 0 Å². The SMILES string of the molecule is CCC1COC(C)CN1C1(CN)CCCC1S(C)(=O)=O. The molecular formula is C14H28N2O3S. The summed E-state index contributed by atoms with van der Waals surface area (Å²) in [6.45, 7) is 6.05. The highest BCUT2D eigenvalue weighted by Crippen LogP contribution is 2.41. The largest absolute Gasteiger partial charge is 0.376 e. The summed E-state index contributed by atoms with van der Waals surface area (Å²) in [5, 5.41) is -0.334. The highest BCUT2D eigenvalue weighted by atomic mass is 32.2. The molecule has 0 spiro atoms. The van der Waals surface area contributed by atoms with Crippen LogP contribution in [0.5, 0.6) is 0 Å². The predicted molar refractivity (Wildman–Crippen MR) is 80.5 cm³/mol. The Labute approximate surface area is 122 Å². The fourth-order valence-electron chi connectivity index (χ4n) is 4.04. The van der Waals surface area contributed by atoms with Crippen LogP contribution < -0.4 is 5.73 Å². The van der Waals surface area contributed by atoms with E-state index < -0.39 is 15.4 Å². The zero-order chi connectivity index (χ0) is 15.0. The molecule has 1 saturated carbocycles. The monoisotopic (exact) mass is 304 g/mol. The molecule has 2 N–H and O–H groups in total. The molecule has 4 unspecified atom stereocenters. The average Bonchev–Trinajstić information content (AvgIpc) is 2.83. The summed E-state index contributed by atoms with van der Waals surface area (Å²) < 4.78 is 30.2. The topological polar surface area (TPSA) is 72.6 Å². The van der Waals surface area contributed by atoms with Crippen LogP contribution in [0.4, 0.5) is 0 Å². The minimum absolute atomic E-state index is 0.141. The van der Waals surface area contributed by atoms with Crippen molar-refractivity contribution in [3.63, 3.8) is 0 Å². The van der Waals surface area contributed by atoms with Crippen molar-refractivity contribution in [1.82, 2.24) is 4.90 Å². The van der Waals surface area contributed by atoms with Gasteiger partial charge in [-0.3, -0.25) is 4.90 Å². The molecule has 0 amide bonds. The first-order valence-corrected chi connectivity index (χ1v) is 9.58. The van der Waals surface area contributed by atoms with Crippen LogP contribution in [0, 0.1) is 0 Å². The summed E-state index contributed by atoms with van der Waals surface area (Å²) in [5.41, 5.74) is 5.71. The number of ether oxygens (including phenoxy) is 1. The van der Waals surface area contributed by atoms with Gasteiger partial charge in [-0.25, -0.2) is 8.42 Å². The van der Waals surface area contributed by atoms with E-state index in [2.05, 4.69) is 11.8 Å². The van der Waals surface area contributed by atoms with Crippen LogP contribution in [-0.4, -0.2) is 62.2 Å². The van der Waals surface area contributed by atoms with E-state index in [-0.39, 0.29) is 17.4 Å². The van der Waals surface area contributed by atoms with Crippen LogP contribution in [0.25, 0.3) is 0 Å². The molecule has 5 nitrogen and oxygen atoms in total. The molecule has 2 rings (SSSR count). The standard InChI is InChI=1S/C14H28N2O3S/c1-4-12-9-19-11(2)8-16(12)14(10-15)7-5-6-13(14)20(3,17)18/h11-13H,4-10,15H2,1-3H3. The van der Waals surface area contributed by atoms with E-state index in [1.54, 1.807) is 0 Å². The number of hydrogen-bond donors (Lipinski definition) is 1. The highest BCUT2D eigenvalue weighted by molar-refractivity contribution is 7.91. The molecule has 0 radical (unpaired) electrons. The maximum absolute atomic E-state index is 12.2. The van der Waals surface area contributed by atoms with Crippen molar-refractivity contribution in [1.29, 1.82) is 0 Å². The zero-order valence-electron chi connectivity index (χ0n) is 12.8. The third kappa shape index (κ3) is 2.75. The molecule has 0 aromatic rings. The summed E-state index contributed by atoms with van der Waals surface area (Å²) >= 11 is 0. The number of nitrogens with two attached hydrogens (primary N) is 1. The van der Waals surface area contributed by atoms with Gasteiger partial charge in [-0.1, -0.05) is 13.3 Å². The quantitative estimate of drug-likeness (QED) is 0.831. The molecule has 20 heavy (non-hydrogen) atoms. The maximum atomic E-state index is 12.2. The van der Waals surface area contributed by atoms with Gasteiger partial charge in [0.05, 0.1) is 23.5 Å². The van der Waals surface area contributed by atoms with E-state index in [0.29, 0.717) is 13.2 Å². The number of nitrogens with zero attached hydrogens (tertiary/aromatic N) is 1. The molecule has 2 aliphatic rings. The Morgan fingerprint density at radius 1 is 1.45 bits per heavy atom. The molecule has 6 heteroatoms. The third-order valence-corrected chi connectivity index (χ3v) is 6.76. The molecule has 0 aromatic carbocycles. The second kappa shape index (κ2) is 5.91. The smallest absolute Gasteiger partial charge is 0.152 e. The van der Waals surface area contributed by atoms with Crippen LogP contribution in [-0.2, 0) is 14.6 Å². The normalized spacial score (nSPS) is 40.1. The molecule has 118 valence electrons. The van der Waals surface area contributed by atoms with Gasteiger partial charge in [-0.15, -0.1) is 0 Å². The van der Waals surface area contributed by atoms with Gasteiger partial charge in [0, 0.05) is 25.4 Å². The van der Waals surface area contributed by atoms with Gasteiger partial charge < -0.3 is 10.5 Å². The Morgan fingerprint density at radius 3 is 2.70 bits per heavy atom. The van der Waals surface area contributed by atoms with E-state index >= 15 is 0 Å². The fraction of sp³-hybridized carbons (Fsp3) is 1.00. The van der Waals surface area contributed by atoms with Gasteiger partial charge in [0.15, 0.2) is 9.84 Å². The van der Waals surface area contributed by atoms with Gasteiger partial charge in [0.25, 0.3) is 0 Å². The minimum atomic E-state index is -3.08. The summed E-state index contributed by atoms with van der Waals surface area (Å²) in [7, 11) is -3.08. The number of hydrogen-bond acceptors (Lipinski definition) is 5. The van der Waals surface area contributed by atoms with Gasteiger partial charge in [0.2, 0.25) is 0 Å². The lowest BCUT2D eigenvalue weighted by atomic mass is 9.90. The van der Waals surface area contributed by atoms with Crippen molar-refractivity contribution < 1.29 is 13.2 Å². The number of morpholine rings is 1. The van der Waals surface area contributed by atoms with Crippen LogP contribution >= 0.6 is 0 Å². The van der Waals surface area contributed by atoms with Crippen molar-refractivity contribution >= 4 is 9.84 Å². The Kier molecular flexibility index (Phi) is 4.79. The van der Waals surface area contributed by atoms with Crippen molar-refractivity contribution in [2.45, 2.75) is 62.5 Å². The molecule has 0 aromatic heterocycles. The first kappa shape index (κ1) is 16.2. The van der Waals surface area contributed by atoms with Gasteiger partial charge in [0.1, 0.15) is 0 Å². The van der Waals surface area contributed by atoms with Crippen LogP contribution in [0.15, 0.2) is 0 Å². The second-order valence-electron chi connectivity index (χ2n) is 6.38. The zero-order valence-corrected chi connectivity index (χ0v) is 13.7. The summed E-state index contributed by atoms with van der Waals surface area (Å²) in [4.78, 5) is 2.36. The van der Waals surface area contributed by atoms with Crippen LogP contribution in [0.3, 0.4) is 0 Å². The van der Waals surface area contributed by atoms with E-state index in [1.165, 1.54) is 6.26 Å². The summed E-state index contributed by atoms with van der Waals surface area (Å²) in [6, 6.07) is 0.275. The fourth-order valence-corrected chi connectivity index (χ4v) is 5.78. The lowest BCUT2D eigenvalue weighted by molar-refractivity contribution is -0.0965. The van der Waals surface area contributed by atoms with Crippen LogP contribution in [0.2, 0.25) is 0 Å². The van der Waals surface area contributed by atoms with Gasteiger partial charge >= 0.3 is 0 Å². The summed E-state index contributed by atoms with van der Waals surface area (Å²) in [5.74, 6) is 0. The molecule has 0 bridgehead atoms. The molecule has 1 heterocycles. The van der Waals surface area contributed by atoms with E-state index in [1.807, 2.05) is 6.92 Å². The lowest BCUT2D eigenvalue weighted by Crippen LogP contribution is -2.67. The van der Waals surface area contributed by atoms with Crippen LogP contribution in [0.1, 0.15) is 39.5 Å². The molecular weight excluding hydrogens is 276 g/mol. The lowest BCUT2D eigenvalue weighted by Gasteiger charge is -2.51. The van der Waals surface area contributed by atoms with Crippen molar-refractivity contribution in [2.75, 3.05) is 26.0 Å². The number of sulfone groups is 1. The molecule has 1 aliphatic carbocycles. The highest BCUT2D eigenvalue weighted by Gasteiger charge is 2.53. The first-order chi connectivity index (χ1) is 9.35. The van der Waals surface area contributed by atoms with Crippen molar-refractivity contribution in [3.8, 4) is 0 Å². The Hall–Kier alpha value is -0.170. The first-order valence-electron chi connectivity index (χ1n) is 7.62. The Balaban J connectivity index is 2.37. The van der Waals surface area contributed by atoms with Gasteiger partial charge in [-0.2, -0.15) is 0 Å². The Morgan fingerprint density at radius 2 is 2.15 bits per heavy atom. The molecule has 1 saturated heterocycles. The summed E-state index contributed by atoms with van der Waals surface area (Å²) in [6.07, 6.45) is 5.02. The molecule has 4 atom stereocenters. The van der Waals surface area contributed by atoms with Gasteiger partial charge in [-0.05, 0) is 26.2 Å². The maximum Gasteiger partial charge on any atom is 0.152 e. The number of rotatable bonds is 4. The predicted octanol–water partition coefficient (Wildman–Crippen LogP) is 0.780. The van der Waals surface area contributed by atoms with E-state index in [4.69, 9.17) is 10.5 Å². The molecule has 1 aliphatic heterocycles. The average molecular weight is 304 g/mol. The Bertz CT molecular complexity index is 440. The minimum Gasteiger partial charge on any atom is -0.376 e. The van der Waals surface area contributed by atoms with Crippen molar-refractivity contribution in [2.24, 2.45) is 5.73 Å². The second-order valence-corrected chi connectivity index (χ2v) is 8.60. The van der Waals surface area contributed by atoms with E-state index in [9.17, 15) is 8.42 Å². The molecule has 2 fully saturated rings. The van der Waals surface area contributed by atoms with E-state index in [0.717, 1.165) is 32.2 Å².